The molecule has 0 bridgehead atoms. The molecule has 0 saturated heterocycles. The van der Waals surface area contributed by atoms with Gasteiger partial charge >= 0.3 is 31.1 Å². The molecule has 5 heavy (non-hydrogen) atoms. The van der Waals surface area contributed by atoms with E-state index in [1.54, 1.807) is 0 Å². The van der Waals surface area contributed by atoms with E-state index in [0.29, 0.717) is 0 Å². The molecular formula is C4H9U+. The average molecular weight is 295 g/mol. The van der Waals surface area contributed by atoms with Crippen molar-refractivity contribution in [2.75, 3.05) is 0 Å². The summed E-state index contributed by atoms with van der Waals surface area (Å²) in [5.41, 5.74) is 0. The molecule has 0 saturated carbocycles. The van der Waals surface area contributed by atoms with Gasteiger partial charge in [0.2, 0.25) is 0 Å². The Balaban J connectivity index is 0. The molecule has 0 spiro atoms. The van der Waals surface area contributed by atoms with Crippen LogP contribution in [0.3, 0.4) is 0 Å². The molecule has 0 unspecified atom stereocenters. The van der Waals surface area contributed by atoms with Crippen molar-refractivity contribution in [1.82, 2.24) is 0 Å². The first-order valence-electron chi connectivity index (χ1n) is 1.69. The molecule has 0 aliphatic rings. The van der Waals surface area contributed by atoms with Gasteiger partial charge in [0, 0.05) is 0 Å². The normalized spacial score (nSPS) is 6.00. The van der Waals surface area contributed by atoms with Gasteiger partial charge < -0.3 is 6.42 Å². The summed E-state index contributed by atoms with van der Waals surface area (Å²) in [6, 6.07) is 0. The van der Waals surface area contributed by atoms with E-state index in [2.05, 4.69) is 20.3 Å². The molecule has 0 aromatic heterocycles. The molecule has 0 N–H and O–H groups in total. The van der Waals surface area contributed by atoms with Crippen LogP contribution in [0.15, 0.2) is 0 Å². The minimum Gasteiger partial charge on any atom is -0.332 e. The molecular weight excluding hydrogens is 286 g/mol. The van der Waals surface area contributed by atoms with E-state index in [-0.39, 0.29) is 31.1 Å². The van der Waals surface area contributed by atoms with Crippen LogP contribution in [0.25, 0.3) is 0 Å². The zero-order valence-corrected chi connectivity index (χ0v) is 7.95. The van der Waals surface area contributed by atoms with Crippen LogP contribution >= 0.6 is 0 Å². The van der Waals surface area contributed by atoms with Crippen molar-refractivity contribution in [2.24, 2.45) is 0 Å². The largest absolute Gasteiger partial charge is 2.00 e. The molecule has 0 fully saturated rings. The van der Waals surface area contributed by atoms with Crippen LogP contribution in [0.1, 0.15) is 20.3 Å². The molecule has 0 rings (SSSR count). The maximum Gasteiger partial charge on any atom is 2.00 e. The zero-order valence-electron chi connectivity index (χ0n) is 3.78. The second-order valence-corrected chi connectivity index (χ2v) is 0.816. The molecule has 0 nitrogen and oxygen atoms in total. The first-order valence-corrected chi connectivity index (χ1v) is 1.69. The maximum absolute atomic E-state index is 2.12. The summed E-state index contributed by atoms with van der Waals surface area (Å²) in [4.78, 5) is 0. The van der Waals surface area contributed by atoms with Crippen LogP contribution in [0, 0.1) is 37.5 Å². The smallest absolute Gasteiger partial charge is 0.332 e. The van der Waals surface area contributed by atoms with Crippen molar-refractivity contribution >= 4 is 0 Å². The quantitative estimate of drug-likeness (QED) is 0.645. The molecule has 1 heteroatoms. The fourth-order valence-electron chi connectivity index (χ4n) is 0. The Hall–Kier alpha value is 1.05. The van der Waals surface area contributed by atoms with Gasteiger partial charge in [-0.2, -0.15) is 13.3 Å². The van der Waals surface area contributed by atoms with E-state index < -0.39 is 0 Å². The van der Waals surface area contributed by atoms with E-state index >= 15 is 0 Å². The van der Waals surface area contributed by atoms with Crippen LogP contribution in [-0.2, 0) is 0 Å². The average Bonchev–Trinajstić information content (AvgIpc) is 1.37. The Kier molecular flexibility index (Phi) is 16.8. The Labute approximate surface area is 57.7 Å². The van der Waals surface area contributed by atoms with Gasteiger partial charge in [0.25, 0.3) is 0 Å². The number of rotatable bonds is 1. The molecule has 0 heterocycles. The Morgan fingerprint density at radius 1 is 1.60 bits per heavy atom. The third-order valence-corrected chi connectivity index (χ3v) is 0.408. The molecule has 0 radical (unpaired) electrons. The van der Waals surface area contributed by atoms with E-state index in [0.717, 1.165) is 0 Å². The van der Waals surface area contributed by atoms with Crippen molar-refractivity contribution < 1.29 is 31.1 Å². The first kappa shape index (κ1) is 9.41. The fraction of sp³-hybridized carbons (Fsp3) is 0.750. The van der Waals surface area contributed by atoms with Crippen LogP contribution in [0.2, 0.25) is 0 Å². The Bertz CT molecular complexity index is 5.61. The molecule has 0 aliphatic heterocycles. The van der Waals surface area contributed by atoms with Crippen molar-refractivity contribution in [3.63, 3.8) is 0 Å². The van der Waals surface area contributed by atoms with E-state index in [4.69, 9.17) is 0 Å². The Morgan fingerprint density at radius 3 is 1.80 bits per heavy atom. The van der Waals surface area contributed by atoms with Crippen LogP contribution < -0.4 is 0 Å². The van der Waals surface area contributed by atoms with Gasteiger partial charge in [0.1, 0.15) is 0 Å². The summed E-state index contributed by atoms with van der Waals surface area (Å²) in [7, 11) is 0. The SMILES string of the molecule is C[CH-]CC.[U+2]. The van der Waals surface area contributed by atoms with Gasteiger partial charge in [-0.25, -0.2) is 0 Å². The van der Waals surface area contributed by atoms with Gasteiger partial charge in [-0.15, -0.1) is 0 Å². The van der Waals surface area contributed by atoms with Crippen LogP contribution in [-0.4, -0.2) is 0 Å². The molecule has 0 amide bonds. The maximum atomic E-state index is 2.12. The van der Waals surface area contributed by atoms with E-state index in [1.165, 1.54) is 6.42 Å². The summed E-state index contributed by atoms with van der Waals surface area (Å²) < 4.78 is 0. The number of hydrogen-bond donors (Lipinski definition) is 0. The van der Waals surface area contributed by atoms with Crippen molar-refractivity contribution in [3.8, 4) is 0 Å². The second kappa shape index (κ2) is 8.90. The van der Waals surface area contributed by atoms with Crippen LogP contribution in [0.4, 0.5) is 0 Å². The third-order valence-electron chi connectivity index (χ3n) is 0.408. The predicted molar refractivity (Wildman–Crippen MR) is 20.3 cm³/mol. The molecule has 0 atom stereocenters. The second-order valence-electron chi connectivity index (χ2n) is 0.816. The predicted octanol–water partition coefficient (Wildman–Crippen LogP) is 1.62. The van der Waals surface area contributed by atoms with Gasteiger partial charge in [0.05, 0.1) is 0 Å². The zero-order chi connectivity index (χ0) is 3.41. The summed E-state index contributed by atoms with van der Waals surface area (Å²) in [6.07, 6.45) is 3.32. The molecule has 28 valence electrons. The number of hydrogen-bond acceptors (Lipinski definition) is 0. The van der Waals surface area contributed by atoms with Gasteiger partial charge in [0.15, 0.2) is 0 Å². The Morgan fingerprint density at radius 2 is 1.80 bits per heavy atom. The van der Waals surface area contributed by atoms with Gasteiger partial charge in [-0.05, 0) is 0 Å². The van der Waals surface area contributed by atoms with Gasteiger partial charge in [-0.3, -0.25) is 0 Å². The third kappa shape index (κ3) is 11.2. The summed E-state index contributed by atoms with van der Waals surface area (Å²) >= 11 is 0. The summed E-state index contributed by atoms with van der Waals surface area (Å²) in [6.45, 7) is 4.18. The summed E-state index contributed by atoms with van der Waals surface area (Å²) in [5.74, 6) is 0. The van der Waals surface area contributed by atoms with Crippen molar-refractivity contribution in [3.05, 3.63) is 6.42 Å². The van der Waals surface area contributed by atoms with Crippen molar-refractivity contribution in [1.29, 1.82) is 0 Å². The first-order chi connectivity index (χ1) is 1.91. The monoisotopic (exact) mass is 295 g/mol. The number of unbranched alkanes of at least 4 members (excludes halogenated alkanes) is 1. The fourth-order valence-corrected chi connectivity index (χ4v) is 0. The van der Waals surface area contributed by atoms with Crippen LogP contribution in [0.5, 0.6) is 0 Å². The minimum absolute atomic E-state index is 0. The molecule has 0 aromatic carbocycles. The summed E-state index contributed by atoms with van der Waals surface area (Å²) in [5, 5.41) is 0. The topological polar surface area (TPSA) is 0 Å². The molecule has 0 aliphatic carbocycles. The molecule has 0 aromatic rings. The van der Waals surface area contributed by atoms with E-state index in [9.17, 15) is 0 Å². The minimum atomic E-state index is 0. The van der Waals surface area contributed by atoms with Gasteiger partial charge in [-0.1, -0.05) is 6.92 Å². The van der Waals surface area contributed by atoms with E-state index in [1.807, 2.05) is 0 Å². The standard InChI is InChI=1S/C4H9.U/c1-3-4-2;/h3H,4H2,1-2H3;/q-1;+2. The van der Waals surface area contributed by atoms with Crippen molar-refractivity contribution in [2.45, 2.75) is 20.3 Å².